The zero-order valence-corrected chi connectivity index (χ0v) is 13.7. The van der Waals surface area contributed by atoms with Crippen molar-refractivity contribution in [2.24, 2.45) is 0 Å². The van der Waals surface area contributed by atoms with Crippen LogP contribution in [-0.2, 0) is 14.3 Å². The van der Waals surface area contributed by atoms with E-state index in [4.69, 9.17) is 9.15 Å². The third-order valence-corrected chi connectivity index (χ3v) is 3.80. The Morgan fingerprint density at radius 2 is 2.09 bits per heavy atom. The molecule has 7 heteroatoms. The Bertz CT molecular complexity index is 659. The van der Waals surface area contributed by atoms with Gasteiger partial charge in [-0.15, -0.1) is 0 Å². The average Bonchev–Trinajstić information content (AvgIpc) is 2.83. The van der Waals surface area contributed by atoms with Crippen LogP contribution in [0.2, 0.25) is 0 Å². The van der Waals surface area contributed by atoms with Crippen LogP contribution in [0.1, 0.15) is 30.9 Å². The van der Waals surface area contributed by atoms with Gasteiger partial charge in [-0.2, -0.15) is 0 Å². The molecular formula is C15H17NO5S. The number of thioether (sulfide) groups is 1. The van der Waals surface area contributed by atoms with Gasteiger partial charge in [0, 0.05) is 5.56 Å². The molecule has 1 aromatic rings. The predicted molar refractivity (Wildman–Crippen MR) is 82.1 cm³/mol. The summed E-state index contributed by atoms with van der Waals surface area (Å²) in [4.78, 5) is 36.9. The summed E-state index contributed by atoms with van der Waals surface area (Å²) in [6, 6.07) is 1.79. The second-order valence-corrected chi connectivity index (χ2v) is 6.17. The van der Waals surface area contributed by atoms with Crippen molar-refractivity contribution in [3.05, 3.63) is 28.1 Å². The highest BCUT2D eigenvalue weighted by molar-refractivity contribution is 8.18. The minimum absolute atomic E-state index is 0.270. The van der Waals surface area contributed by atoms with E-state index in [1.54, 1.807) is 39.8 Å². The summed E-state index contributed by atoms with van der Waals surface area (Å²) < 4.78 is 10.3. The van der Waals surface area contributed by atoms with Gasteiger partial charge in [0.05, 0.1) is 11.0 Å². The molecule has 0 saturated carbocycles. The molecule has 1 aliphatic heterocycles. The van der Waals surface area contributed by atoms with Crippen LogP contribution in [0.3, 0.4) is 0 Å². The largest absolute Gasteiger partial charge is 0.466 e. The summed E-state index contributed by atoms with van der Waals surface area (Å²) in [6.07, 6.45) is 1.31. The summed E-state index contributed by atoms with van der Waals surface area (Å²) in [6.45, 7) is 6.62. The third kappa shape index (κ3) is 3.59. The van der Waals surface area contributed by atoms with Gasteiger partial charge in [-0.25, -0.2) is 0 Å². The maximum atomic E-state index is 12.2. The Hall–Kier alpha value is -2.02. The van der Waals surface area contributed by atoms with Crippen LogP contribution in [0, 0.1) is 13.8 Å². The minimum atomic E-state index is -0.603. The molecule has 6 nitrogen and oxygen atoms in total. The Balaban J connectivity index is 2.15. The molecule has 0 aliphatic carbocycles. The van der Waals surface area contributed by atoms with Crippen molar-refractivity contribution in [3.63, 3.8) is 0 Å². The zero-order chi connectivity index (χ0) is 16.4. The fourth-order valence-corrected chi connectivity index (χ4v) is 2.83. The molecule has 0 N–H and O–H groups in total. The number of ether oxygens (including phenoxy) is 1. The summed E-state index contributed by atoms with van der Waals surface area (Å²) in [5.41, 5.74) is 0.743. The number of hydrogen-bond acceptors (Lipinski definition) is 6. The lowest BCUT2D eigenvalue weighted by atomic mass is 10.2. The van der Waals surface area contributed by atoms with Gasteiger partial charge >= 0.3 is 5.97 Å². The normalized spacial score (nSPS) is 17.0. The molecule has 0 unspecified atom stereocenters. The van der Waals surface area contributed by atoms with Gasteiger partial charge in [-0.3, -0.25) is 19.3 Å². The van der Waals surface area contributed by atoms with E-state index in [1.807, 2.05) is 0 Å². The summed E-state index contributed by atoms with van der Waals surface area (Å²) in [5, 5.41) is -0.477. The highest BCUT2D eigenvalue weighted by Gasteiger charge is 2.37. The van der Waals surface area contributed by atoms with E-state index in [2.05, 4.69) is 0 Å². The maximum absolute atomic E-state index is 12.2. The van der Waals surface area contributed by atoms with Gasteiger partial charge in [0.15, 0.2) is 0 Å². The van der Waals surface area contributed by atoms with Crippen molar-refractivity contribution in [3.8, 4) is 0 Å². The van der Waals surface area contributed by atoms with Gasteiger partial charge in [0.25, 0.3) is 11.1 Å². The first-order chi connectivity index (χ1) is 10.3. The smallest absolute Gasteiger partial charge is 0.326 e. The van der Waals surface area contributed by atoms with Crippen molar-refractivity contribution < 1.29 is 23.5 Å². The van der Waals surface area contributed by atoms with Gasteiger partial charge in [-0.05, 0) is 51.6 Å². The van der Waals surface area contributed by atoms with E-state index in [0.29, 0.717) is 5.76 Å². The molecule has 2 amide bonds. The Labute approximate surface area is 132 Å². The minimum Gasteiger partial charge on any atom is -0.466 e. The maximum Gasteiger partial charge on any atom is 0.326 e. The summed E-state index contributed by atoms with van der Waals surface area (Å²) in [7, 11) is 0. The molecule has 2 heterocycles. The molecule has 0 atom stereocenters. The highest BCUT2D eigenvalue weighted by Crippen LogP contribution is 2.33. The number of rotatable bonds is 4. The predicted octanol–water partition coefficient (Wildman–Crippen LogP) is 2.88. The van der Waals surface area contributed by atoms with Crippen molar-refractivity contribution in [2.45, 2.75) is 33.8 Å². The highest BCUT2D eigenvalue weighted by atomic mass is 32.2. The number of amides is 2. The second kappa shape index (κ2) is 6.39. The van der Waals surface area contributed by atoms with E-state index in [9.17, 15) is 14.4 Å². The quantitative estimate of drug-likeness (QED) is 0.626. The summed E-state index contributed by atoms with van der Waals surface area (Å²) >= 11 is 0.805. The first-order valence-electron chi connectivity index (χ1n) is 6.80. The lowest BCUT2D eigenvalue weighted by Gasteiger charge is -2.13. The van der Waals surface area contributed by atoms with E-state index in [-0.39, 0.29) is 17.6 Å². The molecular weight excluding hydrogens is 306 g/mol. The lowest BCUT2D eigenvalue weighted by Crippen LogP contribution is -2.35. The van der Waals surface area contributed by atoms with E-state index >= 15 is 0 Å². The molecule has 22 heavy (non-hydrogen) atoms. The number of aryl methyl sites for hydroxylation is 2. The molecule has 1 fully saturated rings. The molecule has 1 aliphatic rings. The molecule has 2 rings (SSSR count). The Morgan fingerprint density at radius 1 is 1.41 bits per heavy atom. The van der Waals surface area contributed by atoms with Crippen LogP contribution in [-0.4, -0.2) is 34.7 Å². The van der Waals surface area contributed by atoms with E-state index in [1.165, 1.54) is 0 Å². The van der Waals surface area contributed by atoms with Crippen molar-refractivity contribution in [2.75, 3.05) is 6.54 Å². The second-order valence-electron chi connectivity index (χ2n) is 5.18. The molecule has 118 valence electrons. The van der Waals surface area contributed by atoms with E-state index in [0.717, 1.165) is 28.0 Å². The van der Waals surface area contributed by atoms with E-state index < -0.39 is 17.1 Å². The monoisotopic (exact) mass is 323 g/mol. The SMILES string of the molecule is Cc1cc(/C=C2/SC(=O)N(CC(=O)OC(C)C)C2=O)c(C)o1. The van der Waals surface area contributed by atoms with Crippen molar-refractivity contribution >= 4 is 35.0 Å². The van der Waals surface area contributed by atoms with Crippen molar-refractivity contribution in [1.29, 1.82) is 0 Å². The zero-order valence-electron chi connectivity index (χ0n) is 12.8. The molecule has 0 bridgehead atoms. The molecule has 1 saturated heterocycles. The number of carbonyl (C=O) groups excluding carboxylic acids is 3. The van der Waals surface area contributed by atoms with Crippen LogP contribution in [0.5, 0.6) is 0 Å². The molecule has 0 spiro atoms. The first-order valence-corrected chi connectivity index (χ1v) is 7.61. The van der Waals surface area contributed by atoms with Gasteiger partial charge in [0.1, 0.15) is 18.1 Å². The third-order valence-electron chi connectivity index (χ3n) is 2.89. The fourth-order valence-electron chi connectivity index (χ4n) is 2.00. The van der Waals surface area contributed by atoms with Crippen molar-refractivity contribution in [1.82, 2.24) is 4.90 Å². The average molecular weight is 323 g/mol. The number of hydrogen-bond donors (Lipinski definition) is 0. The van der Waals surface area contributed by atoms with Gasteiger partial charge < -0.3 is 9.15 Å². The molecule has 1 aromatic heterocycles. The van der Waals surface area contributed by atoms with Crippen LogP contribution < -0.4 is 0 Å². The summed E-state index contributed by atoms with van der Waals surface area (Å²) in [5.74, 6) is 0.301. The van der Waals surface area contributed by atoms with Gasteiger partial charge in [0.2, 0.25) is 0 Å². The Kier molecular flexibility index (Phi) is 4.75. The van der Waals surface area contributed by atoms with Gasteiger partial charge in [-0.1, -0.05) is 0 Å². The standard InChI is InChI=1S/C15H17NO5S/c1-8(2)20-13(17)7-16-14(18)12(22-15(16)19)6-11-5-9(3)21-10(11)4/h5-6,8H,7H2,1-4H3/b12-6+. The van der Waals surface area contributed by atoms with Crippen LogP contribution in [0.25, 0.3) is 6.08 Å². The topological polar surface area (TPSA) is 76.8 Å². The molecule has 0 radical (unpaired) electrons. The first kappa shape index (κ1) is 16.4. The number of nitrogens with zero attached hydrogens (tertiary/aromatic N) is 1. The number of carbonyl (C=O) groups is 3. The van der Waals surface area contributed by atoms with Crippen LogP contribution in [0.4, 0.5) is 4.79 Å². The van der Waals surface area contributed by atoms with Crippen LogP contribution in [0.15, 0.2) is 15.4 Å². The number of furan rings is 1. The lowest BCUT2D eigenvalue weighted by molar-refractivity contribution is -0.149. The molecule has 0 aromatic carbocycles. The number of imide groups is 1. The number of esters is 1. The Morgan fingerprint density at radius 3 is 2.64 bits per heavy atom. The fraction of sp³-hybridized carbons (Fsp3) is 0.400. The van der Waals surface area contributed by atoms with Crippen LogP contribution >= 0.6 is 11.8 Å².